The molecule has 3 rings (SSSR count). The zero-order chi connectivity index (χ0) is 13.9. The Morgan fingerprint density at radius 2 is 2.05 bits per heavy atom. The van der Waals surface area contributed by atoms with E-state index in [0.29, 0.717) is 11.6 Å². The Hall–Kier alpha value is -2.46. The molecule has 20 heavy (non-hydrogen) atoms. The van der Waals surface area contributed by atoms with E-state index in [1.165, 1.54) is 0 Å². The summed E-state index contributed by atoms with van der Waals surface area (Å²) in [4.78, 5) is 8.52. The lowest BCUT2D eigenvalue weighted by Gasteiger charge is -2.09. The van der Waals surface area contributed by atoms with E-state index in [0.717, 1.165) is 22.0 Å². The number of ether oxygens (including phenoxy) is 1. The van der Waals surface area contributed by atoms with Gasteiger partial charge < -0.3 is 9.84 Å². The fourth-order valence-electron chi connectivity index (χ4n) is 2.04. The highest BCUT2D eigenvalue weighted by molar-refractivity contribution is 5.79. The largest absolute Gasteiger partial charge is 0.439 e. The normalized spacial score (nSPS) is 10.7. The third-order valence-electron chi connectivity index (χ3n) is 3.06. The first-order valence-corrected chi connectivity index (χ1v) is 6.35. The van der Waals surface area contributed by atoms with E-state index >= 15 is 0 Å². The molecular formula is C16H14N2O2. The van der Waals surface area contributed by atoms with Gasteiger partial charge in [-0.05, 0) is 36.8 Å². The average molecular weight is 266 g/mol. The number of pyridine rings is 2. The van der Waals surface area contributed by atoms with Gasteiger partial charge in [-0.2, -0.15) is 0 Å². The van der Waals surface area contributed by atoms with Gasteiger partial charge in [0.05, 0.1) is 12.1 Å². The molecular weight excluding hydrogens is 252 g/mol. The Morgan fingerprint density at radius 3 is 2.85 bits per heavy atom. The van der Waals surface area contributed by atoms with Gasteiger partial charge in [0, 0.05) is 29.4 Å². The van der Waals surface area contributed by atoms with Crippen molar-refractivity contribution < 1.29 is 9.84 Å². The molecule has 0 amide bonds. The molecule has 0 aliphatic rings. The molecule has 100 valence electrons. The maximum absolute atomic E-state index is 9.07. The van der Waals surface area contributed by atoms with Crippen LogP contribution in [-0.4, -0.2) is 15.1 Å². The van der Waals surface area contributed by atoms with Gasteiger partial charge in [-0.25, -0.2) is 4.98 Å². The van der Waals surface area contributed by atoms with Crippen molar-refractivity contribution in [2.24, 2.45) is 0 Å². The van der Waals surface area contributed by atoms with Crippen LogP contribution in [-0.2, 0) is 6.61 Å². The maximum Gasteiger partial charge on any atom is 0.222 e. The van der Waals surface area contributed by atoms with E-state index in [9.17, 15) is 0 Å². The van der Waals surface area contributed by atoms with Crippen molar-refractivity contribution in [1.82, 2.24) is 9.97 Å². The Kier molecular flexibility index (Phi) is 3.31. The van der Waals surface area contributed by atoms with E-state index in [4.69, 9.17) is 9.84 Å². The van der Waals surface area contributed by atoms with Gasteiger partial charge in [0.1, 0.15) is 5.75 Å². The molecule has 2 heterocycles. The summed E-state index contributed by atoms with van der Waals surface area (Å²) < 4.78 is 5.78. The van der Waals surface area contributed by atoms with Gasteiger partial charge in [0.15, 0.2) is 0 Å². The number of aromatic nitrogens is 2. The lowest BCUT2D eigenvalue weighted by atomic mass is 10.2. The van der Waals surface area contributed by atoms with Crippen LogP contribution in [0.25, 0.3) is 10.9 Å². The van der Waals surface area contributed by atoms with Crippen LogP contribution in [0.3, 0.4) is 0 Å². The molecule has 1 N–H and O–H groups in total. The molecule has 0 radical (unpaired) electrons. The monoisotopic (exact) mass is 266 g/mol. The molecule has 0 aliphatic carbocycles. The fourth-order valence-corrected chi connectivity index (χ4v) is 2.04. The van der Waals surface area contributed by atoms with Gasteiger partial charge in [0.2, 0.25) is 5.88 Å². The zero-order valence-corrected chi connectivity index (χ0v) is 11.1. The first-order chi connectivity index (χ1) is 9.76. The highest BCUT2D eigenvalue weighted by Gasteiger charge is 2.05. The van der Waals surface area contributed by atoms with Crippen LogP contribution in [0.15, 0.2) is 48.8 Å². The first kappa shape index (κ1) is 12.6. The molecule has 4 nitrogen and oxygen atoms in total. The number of fused-ring (bicyclic) bond motifs is 1. The molecule has 0 saturated carbocycles. The summed E-state index contributed by atoms with van der Waals surface area (Å²) in [5.74, 6) is 1.24. The van der Waals surface area contributed by atoms with Gasteiger partial charge in [-0.1, -0.05) is 6.07 Å². The van der Waals surface area contributed by atoms with E-state index in [1.807, 2.05) is 43.3 Å². The number of aryl methyl sites for hydroxylation is 1. The fraction of sp³-hybridized carbons (Fsp3) is 0.125. The standard InChI is InChI=1S/C16H14N2O2/c1-11-7-12(10-19)9-18-16(11)20-14-5-4-13-3-2-6-17-15(13)8-14/h2-9,19H,10H2,1H3. The molecule has 0 unspecified atom stereocenters. The lowest BCUT2D eigenvalue weighted by molar-refractivity contribution is 0.281. The minimum atomic E-state index is -0.0198. The molecule has 0 fully saturated rings. The van der Waals surface area contributed by atoms with E-state index < -0.39 is 0 Å². The summed E-state index contributed by atoms with van der Waals surface area (Å²) >= 11 is 0. The molecule has 0 aliphatic heterocycles. The second kappa shape index (κ2) is 5.27. The van der Waals surface area contributed by atoms with Crippen molar-refractivity contribution in [3.63, 3.8) is 0 Å². The quantitative estimate of drug-likeness (QED) is 0.790. The molecule has 0 saturated heterocycles. The third-order valence-corrected chi connectivity index (χ3v) is 3.06. The summed E-state index contributed by atoms with van der Waals surface area (Å²) in [5.41, 5.74) is 2.54. The van der Waals surface area contributed by atoms with E-state index in [2.05, 4.69) is 9.97 Å². The SMILES string of the molecule is Cc1cc(CO)cnc1Oc1ccc2cccnc2c1. The molecule has 2 aromatic heterocycles. The predicted molar refractivity (Wildman–Crippen MR) is 76.7 cm³/mol. The minimum absolute atomic E-state index is 0.0198. The molecule has 0 bridgehead atoms. The summed E-state index contributed by atoms with van der Waals surface area (Å²) in [6.07, 6.45) is 3.37. The number of aliphatic hydroxyl groups excluding tert-OH is 1. The second-order valence-electron chi connectivity index (χ2n) is 4.58. The number of hydrogen-bond donors (Lipinski definition) is 1. The molecule has 0 atom stereocenters. The Morgan fingerprint density at radius 1 is 1.15 bits per heavy atom. The number of nitrogens with zero attached hydrogens (tertiary/aromatic N) is 2. The Labute approximate surface area is 116 Å². The molecule has 4 heteroatoms. The van der Waals surface area contributed by atoms with Gasteiger partial charge in [-0.3, -0.25) is 4.98 Å². The molecule has 0 spiro atoms. The van der Waals surface area contributed by atoms with Crippen LogP contribution in [0.4, 0.5) is 0 Å². The van der Waals surface area contributed by atoms with Crippen molar-refractivity contribution in [2.75, 3.05) is 0 Å². The van der Waals surface area contributed by atoms with E-state index in [1.54, 1.807) is 12.4 Å². The van der Waals surface area contributed by atoms with Crippen LogP contribution in [0.2, 0.25) is 0 Å². The van der Waals surface area contributed by atoms with Crippen molar-refractivity contribution in [2.45, 2.75) is 13.5 Å². The van der Waals surface area contributed by atoms with Gasteiger partial charge >= 0.3 is 0 Å². The van der Waals surface area contributed by atoms with Gasteiger partial charge in [0.25, 0.3) is 0 Å². The molecule has 3 aromatic rings. The van der Waals surface area contributed by atoms with Crippen LogP contribution in [0, 0.1) is 6.92 Å². The number of benzene rings is 1. The Balaban J connectivity index is 1.92. The number of rotatable bonds is 3. The van der Waals surface area contributed by atoms with Crippen molar-refractivity contribution in [3.05, 3.63) is 59.9 Å². The van der Waals surface area contributed by atoms with Crippen LogP contribution in [0.5, 0.6) is 11.6 Å². The summed E-state index contributed by atoms with van der Waals surface area (Å²) in [6.45, 7) is 1.88. The van der Waals surface area contributed by atoms with Gasteiger partial charge in [-0.15, -0.1) is 0 Å². The highest BCUT2D eigenvalue weighted by atomic mass is 16.5. The summed E-state index contributed by atoms with van der Waals surface area (Å²) in [5, 5.41) is 10.1. The van der Waals surface area contributed by atoms with Crippen molar-refractivity contribution in [3.8, 4) is 11.6 Å². The summed E-state index contributed by atoms with van der Waals surface area (Å²) in [7, 11) is 0. The molecule has 1 aromatic carbocycles. The summed E-state index contributed by atoms with van der Waals surface area (Å²) in [6, 6.07) is 11.5. The highest BCUT2D eigenvalue weighted by Crippen LogP contribution is 2.25. The zero-order valence-electron chi connectivity index (χ0n) is 11.1. The topological polar surface area (TPSA) is 55.2 Å². The van der Waals surface area contributed by atoms with Crippen molar-refractivity contribution in [1.29, 1.82) is 0 Å². The number of hydrogen-bond acceptors (Lipinski definition) is 4. The first-order valence-electron chi connectivity index (χ1n) is 6.35. The second-order valence-corrected chi connectivity index (χ2v) is 4.58. The number of aliphatic hydroxyl groups is 1. The average Bonchev–Trinajstić information content (AvgIpc) is 2.49. The third kappa shape index (κ3) is 2.46. The predicted octanol–water partition coefficient (Wildman–Crippen LogP) is 3.22. The van der Waals surface area contributed by atoms with E-state index in [-0.39, 0.29) is 6.61 Å². The Bertz CT molecular complexity index is 756. The minimum Gasteiger partial charge on any atom is -0.439 e. The van der Waals surface area contributed by atoms with Crippen molar-refractivity contribution >= 4 is 10.9 Å². The van der Waals surface area contributed by atoms with Crippen LogP contribution < -0.4 is 4.74 Å². The maximum atomic E-state index is 9.07. The van der Waals surface area contributed by atoms with Crippen LogP contribution >= 0.6 is 0 Å². The lowest BCUT2D eigenvalue weighted by Crippen LogP contribution is -1.94. The van der Waals surface area contributed by atoms with Crippen LogP contribution in [0.1, 0.15) is 11.1 Å². The smallest absolute Gasteiger partial charge is 0.222 e.